The SMILES string of the molecule is CC1(NC(=O)c2ccc(C3CCCCC3)cc2)CCS(=O)(=O)C1. The Morgan fingerprint density at radius 1 is 1.13 bits per heavy atom. The average molecular weight is 335 g/mol. The van der Waals surface area contributed by atoms with Gasteiger partial charge in [-0.15, -0.1) is 0 Å². The predicted molar refractivity (Wildman–Crippen MR) is 91.4 cm³/mol. The molecule has 1 N–H and O–H groups in total. The first kappa shape index (κ1) is 16.5. The average Bonchev–Trinajstić information content (AvgIpc) is 2.81. The standard InChI is InChI=1S/C18H25NO3S/c1-18(11-12-23(21,22)13-18)19-17(20)16-9-7-15(8-10-16)14-5-3-2-4-6-14/h7-10,14H,2-6,11-13H2,1H3,(H,19,20). The zero-order valence-corrected chi connectivity index (χ0v) is 14.5. The third-order valence-corrected chi connectivity index (χ3v) is 7.07. The topological polar surface area (TPSA) is 63.2 Å². The molecule has 0 aromatic heterocycles. The van der Waals surface area contributed by atoms with Crippen molar-refractivity contribution in [2.45, 2.75) is 56.9 Å². The Morgan fingerprint density at radius 3 is 2.35 bits per heavy atom. The van der Waals surface area contributed by atoms with E-state index in [0.717, 1.165) is 0 Å². The number of sulfone groups is 1. The van der Waals surface area contributed by atoms with Gasteiger partial charge in [0.15, 0.2) is 9.84 Å². The summed E-state index contributed by atoms with van der Waals surface area (Å²) in [4.78, 5) is 12.4. The zero-order chi connectivity index (χ0) is 16.5. The maximum Gasteiger partial charge on any atom is 0.251 e. The van der Waals surface area contributed by atoms with Crippen molar-refractivity contribution in [1.29, 1.82) is 0 Å². The van der Waals surface area contributed by atoms with E-state index in [9.17, 15) is 13.2 Å². The largest absolute Gasteiger partial charge is 0.346 e. The number of carbonyl (C=O) groups excluding carboxylic acids is 1. The molecule has 1 saturated heterocycles. The third-order valence-electron chi connectivity index (χ3n) is 5.17. The Bertz CT molecular complexity index is 675. The van der Waals surface area contributed by atoms with Crippen molar-refractivity contribution in [3.05, 3.63) is 35.4 Å². The summed E-state index contributed by atoms with van der Waals surface area (Å²) in [6.45, 7) is 1.81. The number of nitrogens with one attached hydrogen (secondary N) is 1. The van der Waals surface area contributed by atoms with Gasteiger partial charge in [0.2, 0.25) is 0 Å². The van der Waals surface area contributed by atoms with Gasteiger partial charge in [0, 0.05) is 5.56 Å². The van der Waals surface area contributed by atoms with Crippen molar-refractivity contribution in [2.24, 2.45) is 0 Å². The Kier molecular flexibility index (Phi) is 4.50. The van der Waals surface area contributed by atoms with Crippen molar-refractivity contribution >= 4 is 15.7 Å². The smallest absolute Gasteiger partial charge is 0.251 e. The molecule has 0 bridgehead atoms. The van der Waals surface area contributed by atoms with Gasteiger partial charge in [0.1, 0.15) is 0 Å². The van der Waals surface area contributed by atoms with E-state index in [1.807, 2.05) is 19.1 Å². The highest BCUT2D eigenvalue weighted by atomic mass is 32.2. The summed E-state index contributed by atoms with van der Waals surface area (Å²) in [6.07, 6.45) is 6.88. The highest BCUT2D eigenvalue weighted by molar-refractivity contribution is 7.91. The van der Waals surface area contributed by atoms with Crippen LogP contribution in [0.15, 0.2) is 24.3 Å². The third kappa shape index (κ3) is 3.94. The molecule has 5 heteroatoms. The number of hydrogen-bond acceptors (Lipinski definition) is 3. The quantitative estimate of drug-likeness (QED) is 0.923. The molecule has 3 rings (SSSR count). The monoisotopic (exact) mass is 335 g/mol. The van der Waals surface area contributed by atoms with E-state index in [0.29, 0.717) is 17.9 Å². The van der Waals surface area contributed by atoms with Crippen LogP contribution < -0.4 is 5.32 Å². The first-order chi connectivity index (χ1) is 10.9. The molecule has 1 aromatic carbocycles. The molecule has 0 radical (unpaired) electrons. The molecule has 1 heterocycles. The van der Waals surface area contributed by atoms with Gasteiger partial charge in [0.25, 0.3) is 5.91 Å². The molecule has 1 saturated carbocycles. The molecular weight excluding hydrogens is 310 g/mol. The van der Waals surface area contributed by atoms with E-state index in [-0.39, 0.29) is 17.4 Å². The second-order valence-corrected chi connectivity index (χ2v) is 9.50. The molecule has 1 atom stereocenters. The van der Waals surface area contributed by atoms with Crippen molar-refractivity contribution < 1.29 is 13.2 Å². The summed E-state index contributed by atoms with van der Waals surface area (Å²) in [5, 5.41) is 2.91. The highest BCUT2D eigenvalue weighted by Gasteiger charge is 2.39. The Morgan fingerprint density at radius 2 is 1.78 bits per heavy atom. The molecule has 0 spiro atoms. The van der Waals surface area contributed by atoms with Gasteiger partial charge in [-0.2, -0.15) is 0 Å². The van der Waals surface area contributed by atoms with Crippen LogP contribution in [0.5, 0.6) is 0 Å². The molecule has 1 aliphatic carbocycles. The minimum Gasteiger partial charge on any atom is -0.346 e. The maximum atomic E-state index is 12.4. The second-order valence-electron chi connectivity index (χ2n) is 7.31. The first-order valence-corrected chi connectivity index (χ1v) is 10.3. The molecule has 2 fully saturated rings. The van der Waals surface area contributed by atoms with Gasteiger partial charge in [-0.3, -0.25) is 4.79 Å². The second kappa shape index (κ2) is 6.27. The van der Waals surface area contributed by atoms with Crippen LogP contribution >= 0.6 is 0 Å². The molecule has 1 aromatic rings. The van der Waals surface area contributed by atoms with E-state index in [2.05, 4.69) is 17.4 Å². The van der Waals surface area contributed by atoms with Crippen LogP contribution in [0, 0.1) is 0 Å². The fourth-order valence-electron chi connectivity index (χ4n) is 3.80. The molecule has 23 heavy (non-hydrogen) atoms. The number of hydrogen-bond donors (Lipinski definition) is 1. The first-order valence-electron chi connectivity index (χ1n) is 8.50. The number of rotatable bonds is 3. The van der Waals surface area contributed by atoms with Gasteiger partial charge < -0.3 is 5.32 Å². The minimum atomic E-state index is -3.02. The van der Waals surface area contributed by atoms with Crippen LogP contribution in [0.2, 0.25) is 0 Å². The summed E-state index contributed by atoms with van der Waals surface area (Å²) in [7, 11) is -3.02. The van der Waals surface area contributed by atoms with Crippen molar-refractivity contribution in [2.75, 3.05) is 11.5 Å². The number of amides is 1. The van der Waals surface area contributed by atoms with Crippen molar-refractivity contribution in [1.82, 2.24) is 5.32 Å². The fourth-order valence-corrected chi connectivity index (χ4v) is 5.89. The van der Waals surface area contributed by atoms with Crippen LogP contribution in [0.1, 0.15) is 67.3 Å². The maximum absolute atomic E-state index is 12.4. The van der Waals surface area contributed by atoms with Gasteiger partial charge in [-0.25, -0.2) is 8.42 Å². The number of benzene rings is 1. The summed E-state index contributed by atoms with van der Waals surface area (Å²) >= 11 is 0. The predicted octanol–water partition coefficient (Wildman–Crippen LogP) is 3.04. The lowest BCUT2D eigenvalue weighted by atomic mass is 9.84. The van der Waals surface area contributed by atoms with Crippen LogP contribution in [-0.2, 0) is 9.84 Å². The van der Waals surface area contributed by atoms with E-state index in [1.165, 1.54) is 37.7 Å². The lowest BCUT2D eigenvalue weighted by molar-refractivity contribution is 0.0915. The van der Waals surface area contributed by atoms with Gasteiger partial charge >= 0.3 is 0 Å². The highest BCUT2D eigenvalue weighted by Crippen LogP contribution is 2.32. The molecule has 126 valence electrons. The van der Waals surface area contributed by atoms with Gasteiger partial charge in [0.05, 0.1) is 17.0 Å². The van der Waals surface area contributed by atoms with E-state index >= 15 is 0 Å². The Hall–Kier alpha value is -1.36. The van der Waals surface area contributed by atoms with Crippen LogP contribution in [0.3, 0.4) is 0 Å². The Labute approximate surface area is 138 Å². The van der Waals surface area contributed by atoms with Crippen molar-refractivity contribution in [3.63, 3.8) is 0 Å². The van der Waals surface area contributed by atoms with Crippen molar-refractivity contribution in [3.8, 4) is 0 Å². The summed E-state index contributed by atoms with van der Waals surface area (Å²) in [5.41, 5.74) is 1.28. The zero-order valence-electron chi connectivity index (χ0n) is 13.7. The lowest BCUT2D eigenvalue weighted by Gasteiger charge is -2.24. The van der Waals surface area contributed by atoms with E-state index in [4.69, 9.17) is 0 Å². The summed E-state index contributed by atoms with van der Waals surface area (Å²) in [6, 6.07) is 7.84. The molecule has 4 nitrogen and oxygen atoms in total. The lowest BCUT2D eigenvalue weighted by Crippen LogP contribution is -2.46. The molecule has 2 aliphatic rings. The van der Waals surface area contributed by atoms with Crippen LogP contribution in [-0.4, -0.2) is 31.4 Å². The molecular formula is C18H25NO3S. The molecule has 1 aliphatic heterocycles. The molecule has 1 unspecified atom stereocenters. The number of carbonyl (C=O) groups is 1. The minimum absolute atomic E-state index is 0.0336. The fraction of sp³-hybridized carbons (Fsp3) is 0.611. The molecule has 1 amide bonds. The van der Waals surface area contributed by atoms with Crippen LogP contribution in [0.4, 0.5) is 0 Å². The van der Waals surface area contributed by atoms with Gasteiger partial charge in [-0.05, 0) is 49.8 Å². The summed E-state index contributed by atoms with van der Waals surface area (Å²) < 4.78 is 23.3. The van der Waals surface area contributed by atoms with E-state index < -0.39 is 15.4 Å². The Balaban J connectivity index is 1.66. The normalized spacial score (nSPS) is 27.7. The van der Waals surface area contributed by atoms with Gasteiger partial charge in [-0.1, -0.05) is 31.4 Å². The summed E-state index contributed by atoms with van der Waals surface area (Å²) in [5.74, 6) is 0.633. The van der Waals surface area contributed by atoms with E-state index in [1.54, 1.807) is 0 Å². The van der Waals surface area contributed by atoms with Crippen LogP contribution in [0.25, 0.3) is 0 Å².